The molecule has 1 heterocycles. The normalized spacial score (nSPS) is 19.1. The zero-order valence-corrected chi connectivity index (χ0v) is 13.7. The summed E-state index contributed by atoms with van der Waals surface area (Å²) in [5.41, 5.74) is 0.485. The Kier molecular flexibility index (Phi) is 4.39. The molecular weight excluding hydrogens is 346 g/mol. The summed E-state index contributed by atoms with van der Waals surface area (Å²) >= 11 is 3.34. The first-order valence-corrected chi connectivity index (χ1v) is 8.89. The maximum absolute atomic E-state index is 12.5. The number of likely N-dealkylation sites (tertiary alicyclic amines) is 1. The molecule has 0 radical (unpaired) electrons. The molecule has 20 heavy (non-hydrogen) atoms. The fourth-order valence-corrected chi connectivity index (χ4v) is 3.63. The van der Waals surface area contributed by atoms with Crippen LogP contribution in [0.3, 0.4) is 0 Å². The Morgan fingerprint density at radius 1 is 1.45 bits per heavy atom. The topological polar surface area (TPSA) is 63.7 Å². The van der Waals surface area contributed by atoms with Crippen molar-refractivity contribution < 1.29 is 17.9 Å². The van der Waals surface area contributed by atoms with Crippen molar-refractivity contribution in [1.29, 1.82) is 0 Å². The Morgan fingerprint density at radius 2 is 2.15 bits per heavy atom. The molecule has 1 fully saturated rings. The van der Waals surface area contributed by atoms with Gasteiger partial charge in [0.05, 0.1) is 17.9 Å². The second-order valence-electron chi connectivity index (χ2n) is 4.84. The summed E-state index contributed by atoms with van der Waals surface area (Å²) in [5.74, 6) is 0.414. The molecular formula is C13H16BrNO4S. The van der Waals surface area contributed by atoms with Crippen LogP contribution in [0.5, 0.6) is 5.75 Å². The van der Waals surface area contributed by atoms with Gasteiger partial charge >= 0.3 is 0 Å². The highest BCUT2D eigenvalue weighted by Crippen LogP contribution is 2.26. The maximum atomic E-state index is 12.5. The molecule has 1 unspecified atom stereocenters. The summed E-state index contributed by atoms with van der Waals surface area (Å²) in [5, 5.41) is -0.462. The van der Waals surface area contributed by atoms with Gasteiger partial charge in [0.2, 0.25) is 0 Å². The molecule has 5 nitrogen and oxygen atoms in total. The van der Waals surface area contributed by atoms with Crippen molar-refractivity contribution in [3.8, 4) is 5.75 Å². The number of carbonyl (C=O) groups excluding carboxylic acids is 1. The van der Waals surface area contributed by atoms with Crippen LogP contribution in [0.15, 0.2) is 22.7 Å². The van der Waals surface area contributed by atoms with E-state index in [1.807, 2.05) is 0 Å². The van der Waals surface area contributed by atoms with Crippen LogP contribution in [0.2, 0.25) is 0 Å². The van der Waals surface area contributed by atoms with Crippen LogP contribution in [-0.4, -0.2) is 50.9 Å². The molecule has 7 heteroatoms. The SMILES string of the molecule is COc1ccc(Br)c(C(=O)N2CCC(S(C)(=O)=O)C2)c1. The van der Waals surface area contributed by atoms with Gasteiger partial charge in [-0.25, -0.2) is 8.42 Å². The standard InChI is InChI=1S/C13H16BrNO4S/c1-19-9-3-4-12(14)11(7-9)13(16)15-6-5-10(8-15)20(2,17)18/h3-4,7,10H,5-6,8H2,1-2H3. The summed E-state index contributed by atoms with van der Waals surface area (Å²) in [6.07, 6.45) is 1.71. The third-order valence-corrected chi connectivity index (χ3v) is 5.73. The van der Waals surface area contributed by atoms with Gasteiger partial charge in [-0.3, -0.25) is 4.79 Å². The first kappa shape index (κ1) is 15.3. The number of hydrogen-bond acceptors (Lipinski definition) is 4. The molecule has 2 rings (SSSR count). The zero-order chi connectivity index (χ0) is 14.9. The molecule has 0 saturated carbocycles. The van der Waals surface area contributed by atoms with E-state index in [-0.39, 0.29) is 12.5 Å². The van der Waals surface area contributed by atoms with Crippen molar-refractivity contribution in [2.75, 3.05) is 26.5 Å². The number of benzene rings is 1. The van der Waals surface area contributed by atoms with E-state index in [0.29, 0.717) is 28.8 Å². The van der Waals surface area contributed by atoms with Gasteiger partial charge in [0, 0.05) is 23.8 Å². The number of sulfone groups is 1. The van der Waals surface area contributed by atoms with E-state index < -0.39 is 15.1 Å². The molecule has 1 aliphatic rings. The lowest BCUT2D eigenvalue weighted by Crippen LogP contribution is -2.31. The number of methoxy groups -OCH3 is 1. The molecule has 0 spiro atoms. The Hall–Kier alpha value is -1.08. The minimum atomic E-state index is -3.10. The largest absolute Gasteiger partial charge is 0.497 e. The summed E-state index contributed by atoms with van der Waals surface area (Å²) in [7, 11) is -1.57. The molecule has 1 aromatic rings. The number of rotatable bonds is 3. The number of nitrogens with zero attached hydrogens (tertiary/aromatic N) is 1. The van der Waals surface area contributed by atoms with Crippen LogP contribution >= 0.6 is 15.9 Å². The maximum Gasteiger partial charge on any atom is 0.255 e. The highest BCUT2D eigenvalue weighted by atomic mass is 79.9. The first-order valence-electron chi connectivity index (χ1n) is 6.14. The minimum absolute atomic E-state index is 0.179. The van der Waals surface area contributed by atoms with Crippen LogP contribution in [0.4, 0.5) is 0 Å². The van der Waals surface area contributed by atoms with Gasteiger partial charge < -0.3 is 9.64 Å². The Morgan fingerprint density at radius 3 is 2.70 bits per heavy atom. The summed E-state index contributed by atoms with van der Waals surface area (Å²) in [6, 6.07) is 5.15. The van der Waals surface area contributed by atoms with Crippen molar-refractivity contribution in [3.05, 3.63) is 28.2 Å². The summed E-state index contributed by atoms with van der Waals surface area (Å²) in [4.78, 5) is 14.0. The Bertz CT molecular complexity index is 629. The van der Waals surface area contributed by atoms with Crippen LogP contribution in [0.1, 0.15) is 16.8 Å². The lowest BCUT2D eigenvalue weighted by molar-refractivity contribution is 0.0792. The van der Waals surface area contributed by atoms with E-state index in [2.05, 4.69) is 15.9 Å². The molecule has 1 saturated heterocycles. The van der Waals surface area contributed by atoms with Crippen molar-refractivity contribution in [2.24, 2.45) is 0 Å². The Labute approximate surface area is 127 Å². The van der Waals surface area contributed by atoms with Crippen LogP contribution in [0.25, 0.3) is 0 Å². The van der Waals surface area contributed by atoms with Crippen LogP contribution in [-0.2, 0) is 9.84 Å². The fraction of sp³-hybridized carbons (Fsp3) is 0.462. The second-order valence-corrected chi connectivity index (χ2v) is 8.02. The van der Waals surface area contributed by atoms with Crippen LogP contribution < -0.4 is 4.74 Å². The van der Waals surface area contributed by atoms with Gasteiger partial charge in [-0.2, -0.15) is 0 Å². The molecule has 1 atom stereocenters. The predicted octanol–water partition coefficient (Wildman–Crippen LogP) is 1.72. The van der Waals surface area contributed by atoms with E-state index in [1.165, 1.54) is 13.4 Å². The molecule has 0 bridgehead atoms. The van der Waals surface area contributed by atoms with E-state index in [1.54, 1.807) is 23.1 Å². The quantitative estimate of drug-likeness (QED) is 0.822. The number of halogens is 1. The number of hydrogen-bond donors (Lipinski definition) is 0. The van der Waals surface area contributed by atoms with E-state index in [0.717, 1.165) is 0 Å². The second kappa shape index (κ2) is 5.73. The number of ether oxygens (including phenoxy) is 1. The zero-order valence-electron chi connectivity index (χ0n) is 11.3. The number of amides is 1. The van der Waals surface area contributed by atoms with Crippen molar-refractivity contribution in [2.45, 2.75) is 11.7 Å². The highest BCUT2D eigenvalue weighted by molar-refractivity contribution is 9.10. The Balaban J connectivity index is 2.21. The minimum Gasteiger partial charge on any atom is -0.497 e. The summed E-state index contributed by atoms with van der Waals surface area (Å²) in [6.45, 7) is 0.710. The third-order valence-electron chi connectivity index (χ3n) is 3.44. The fourth-order valence-electron chi connectivity index (χ4n) is 2.23. The van der Waals surface area contributed by atoms with Gasteiger partial charge in [-0.1, -0.05) is 0 Å². The van der Waals surface area contributed by atoms with E-state index >= 15 is 0 Å². The molecule has 0 N–H and O–H groups in total. The lowest BCUT2D eigenvalue weighted by Gasteiger charge is -2.17. The van der Waals surface area contributed by atoms with Crippen molar-refractivity contribution in [1.82, 2.24) is 4.90 Å². The molecule has 0 aliphatic carbocycles. The smallest absolute Gasteiger partial charge is 0.255 e. The monoisotopic (exact) mass is 361 g/mol. The third kappa shape index (κ3) is 3.15. The van der Waals surface area contributed by atoms with E-state index in [9.17, 15) is 13.2 Å². The van der Waals surface area contributed by atoms with Crippen molar-refractivity contribution in [3.63, 3.8) is 0 Å². The van der Waals surface area contributed by atoms with E-state index in [4.69, 9.17) is 4.74 Å². The average Bonchev–Trinajstić information content (AvgIpc) is 2.88. The average molecular weight is 362 g/mol. The highest BCUT2D eigenvalue weighted by Gasteiger charge is 2.33. The van der Waals surface area contributed by atoms with Gasteiger partial charge in [0.15, 0.2) is 9.84 Å². The molecule has 1 aliphatic heterocycles. The lowest BCUT2D eigenvalue weighted by atomic mass is 10.2. The van der Waals surface area contributed by atoms with Gasteiger partial charge in [-0.15, -0.1) is 0 Å². The van der Waals surface area contributed by atoms with Gasteiger partial charge in [0.25, 0.3) is 5.91 Å². The van der Waals surface area contributed by atoms with Gasteiger partial charge in [-0.05, 0) is 40.5 Å². The van der Waals surface area contributed by atoms with Gasteiger partial charge in [0.1, 0.15) is 5.75 Å². The predicted molar refractivity (Wildman–Crippen MR) is 79.8 cm³/mol. The first-order chi connectivity index (χ1) is 9.32. The molecule has 1 amide bonds. The molecule has 110 valence electrons. The summed E-state index contributed by atoms with van der Waals surface area (Å²) < 4.78 is 28.9. The van der Waals surface area contributed by atoms with Crippen LogP contribution in [0, 0.1) is 0 Å². The molecule has 1 aromatic carbocycles. The van der Waals surface area contributed by atoms with Crippen molar-refractivity contribution >= 4 is 31.7 Å². The number of carbonyl (C=O) groups is 1. The molecule has 0 aromatic heterocycles.